The maximum atomic E-state index is 11.2. The molecule has 9 heteroatoms. The number of amides is 1. The van der Waals surface area contributed by atoms with Gasteiger partial charge >= 0.3 is 11.7 Å². The highest BCUT2D eigenvalue weighted by molar-refractivity contribution is 5.93. The molecule has 1 amide bonds. The number of carboxylic acids is 1. The molecule has 2 heterocycles. The summed E-state index contributed by atoms with van der Waals surface area (Å²) in [6, 6.07) is 1.20. The van der Waals surface area contributed by atoms with Gasteiger partial charge in [-0.3, -0.25) is 14.9 Å². The third-order valence-corrected chi connectivity index (χ3v) is 3.34. The van der Waals surface area contributed by atoms with E-state index in [0.717, 1.165) is 6.20 Å². The van der Waals surface area contributed by atoms with Gasteiger partial charge in [-0.05, 0) is 0 Å². The van der Waals surface area contributed by atoms with Crippen molar-refractivity contribution in [2.24, 2.45) is 0 Å². The monoisotopic (exact) mass is 294 g/mol. The maximum absolute atomic E-state index is 11.2. The number of pyridine rings is 1. The Balaban J connectivity index is 2.22. The first-order valence-corrected chi connectivity index (χ1v) is 6.28. The second kappa shape index (κ2) is 5.73. The predicted octanol–water partition coefficient (Wildman–Crippen LogP) is 0.356. The Hall–Kier alpha value is -2.71. The Morgan fingerprint density at radius 1 is 1.33 bits per heavy atom. The summed E-state index contributed by atoms with van der Waals surface area (Å²) in [5.74, 6) is -1.02. The minimum absolute atomic E-state index is 0.0162. The van der Waals surface area contributed by atoms with Gasteiger partial charge in [0.1, 0.15) is 17.6 Å². The summed E-state index contributed by atoms with van der Waals surface area (Å²) in [5, 5.41) is 19.8. The van der Waals surface area contributed by atoms with Crippen molar-refractivity contribution in [3.63, 3.8) is 0 Å². The van der Waals surface area contributed by atoms with Gasteiger partial charge in [0.05, 0.1) is 4.92 Å². The van der Waals surface area contributed by atoms with Crippen LogP contribution < -0.4 is 4.90 Å². The molecule has 1 N–H and O–H groups in total. The van der Waals surface area contributed by atoms with Gasteiger partial charge in [0.25, 0.3) is 0 Å². The van der Waals surface area contributed by atoms with Gasteiger partial charge < -0.3 is 14.9 Å². The van der Waals surface area contributed by atoms with Crippen LogP contribution in [0.4, 0.5) is 11.5 Å². The number of rotatable bonds is 3. The average Bonchev–Trinajstić information content (AvgIpc) is 2.46. The van der Waals surface area contributed by atoms with E-state index in [9.17, 15) is 19.7 Å². The normalized spacial score (nSPS) is 14.9. The number of aromatic carboxylic acids is 1. The third-order valence-electron chi connectivity index (χ3n) is 3.34. The molecule has 0 atom stereocenters. The van der Waals surface area contributed by atoms with Crippen molar-refractivity contribution in [2.45, 2.75) is 6.92 Å². The lowest BCUT2D eigenvalue weighted by Gasteiger charge is -2.34. The smallest absolute Gasteiger partial charge is 0.342 e. The summed E-state index contributed by atoms with van der Waals surface area (Å²) in [6.07, 6.45) is 0.954. The Kier molecular flexibility index (Phi) is 4.01. The van der Waals surface area contributed by atoms with Crippen LogP contribution in [0.25, 0.3) is 0 Å². The number of aromatic nitrogens is 1. The van der Waals surface area contributed by atoms with Crippen molar-refractivity contribution < 1.29 is 19.6 Å². The van der Waals surface area contributed by atoms with E-state index in [2.05, 4.69) is 4.98 Å². The molecule has 9 nitrogen and oxygen atoms in total. The molecule has 0 unspecified atom stereocenters. The number of carboxylic acid groups (broad SMARTS) is 1. The van der Waals surface area contributed by atoms with Crippen molar-refractivity contribution in [2.75, 3.05) is 31.1 Å². The number of anilines is 1. The first-order chi connectivity index (χ1) is 9.90. The summed E-state index contributed by atoms with van der Waals surface area (Å²) in [6.45, 7) is 3.52. The zero-order valence-corrected chi connectivity index (χ0v) is 11.4. The molecule has 1 aromatic heterocycles. The summed E-state index contributed by atoms with van der Waals surface area (Å²) >= 11 is 0. The molecule has 0 saturated carbocycles. The van der Waals surface area contributed by atoms with Crippen LogP contribution in [0.15, 0.2) is 12.3 Å². The predicted molar refractivity (Wildman–Crippen MR) is 72.3 cm³/mol. The van der Waals surface area contributed by atoms with Gasteiger partial charge in [-0.1, -0.05) is 0 Å². The van der Waals surface area contributed by atoms with E-state index in [1.807, 2.05) is 0 Å². The third kappa shape index (κ3) is 3.07. The van der Waals surface area contributed by atoms with Crippen LogP contribution in [0.5, 0.6) is 0 Å². The van der Waals surface area contributed by atoms with E-state index < -0.39 is 16.6 Å². The molecule has 21 heavy (non-hydrogen) atoms. The van der Waals surface area contributed by atoms with Gasteiger partial charge in [0.2, 0.25) is 5.91 Å². The van der Waals surface area contributed by atoms with Gasteiger partial charge in [0.15, 0.2) is 0 Å². The van der Waals surface area contributed by atoms with Crippen molar-refractivity contribution in [3.05, 3.63) is 27.9 Å². The topological polar surface area (TPSA) is 117 Å². The van der Waals surface area contributed by atoms with Crippen LogP contribution in [0.2, 0.25) is 0 Å². The molecule has 0 radical (unpaired) electrons. The Morgan fingerprint density at radius 3 is 2.43 bits per heavy atom. The molecule has 1 aliphatic rings. The second-order valence-corrected chi connectivity index (χ2v) is 4.62. The first kappa shape index (κ1) is 14.7. The van der Waals surface area contributed by atoms with Crippen LogP contribution in [0.3, 0.4) is 0 Å². The molecule has 2 rings (SSSR count). The summed E-state index contributed by atoms with van der Waals surface area (Å²) < 4.78 is 0. The molecule has 112 valence electrons. The fourth-order valence-electron chi connectivity index (χ4n) is 2.18. The lowest BCUT2D eigenvalue weighted by molar-refractivity contribution is -0.385. The Morgan fingerprint density at radius 2 is 1.95 bits per heavy atom. The number of hydrogen-bond acceptors (Lipinski definition) is 6. The van der Waals surface area contributed by atoms with Crippen molar-refractivity contribution in [1.29, 1.82) is 0 Å². The van der Waals surface area contributed by atoms with Crippen molar-refractivity contribution in [3.8, 4) is 0 Å². The van der Waals surface area contributed by atoms with E-state index in [4.69, 9.17) is 5.11 Å². The van der Waals surface area contributed by atoms with Gasteiger partial charge in [-0.2, -0.15) is 0 Å². The standard InChI is InChI=1S/C12H14N4O5/c1-8(17)14-2-4-15(5-3-14)11-6-9(12(18)19)10(7-13-11)16(20)21/h6-7H,2-5H2,1H3,(H,18,19). The molecule has 0 aliphatic carbocycles. The number of hydrogen-bond donors (Lipinski definition) is 1. The minimum Gasteiger partial charge on any atom is -0.477 e. The van der Waals surface area contributed by atoms with Gasteiger partial charge in [0, 0.05) is 39.2 Å². The Bertz CT molecular complexity index is 595. The first-order valence-electron chi connectivity index (χ1n) is 6.28. The van der Waals surface area contributed by atoms with Crippen LogP contribution in [-0.4, -0.2) is 58.0 Å². The van der Waals surface area contributed by atoms with E-state index >= 15 is 0 Å². The molecule has 1 aromatic rings. The zero-order valence-electron chi connectivity index (χ0n) is 11.4. The highest BCUT2D eigenvalue weighted by Crippen LogP contribution is 2.23. The van der Waals surface area contributed by atoms with Crippen LogP contribution in [0, 0.1) is 10.1 Å². The molecular formula is C12H14N4O5. The minimum atomic E-state index is -1.37. The molecule has 1 fully saturated rings. The van der Waals surface area contributed by atoms with E-state index in [-0.39, 0.29) is 11.5 Å². The quantitative estimate of drug-likeness (QED) is 0.631. The van der Waals surface area contributed by atoms with Gasteiger partial charge in [-0.15, -0.1) is 0 Å². The van der Waals surface area contributed by atoms with E-state index in [1.54, 1.807) is 9.80 Å². The largest absolute Gasteiger partial charge is 0.477 e. The molecule has 0 bridgehead atoms. The Labute approximate surface area is 119 Å². The van der Waals surface area contributed by atoms with Crippen molar-refractivity contribution in [1.82, 2.24) is 9.88 Å². The number of carbonyl (C=O) groups excluding carboxylic acids is 1. The summed E-state index contributed by atoms with van der Waals surface area (Å²) in [5.41, 5.74) is -0.924. The van der Waals surface area contributed by atoms with E-state index in [1.165, 1.54) is 13.0 Å². The molecule has 0 spiro atoms. The molecule has 1 saturated heterocycles. The highest BCUT2D eigenvalue weighted by Gasteiger charge is 2.25. The van der Waals surface area contributed by atoms with Crippen LogP contribution in [-0.2, 0) is 4.79 Å². The lowest BCUT2D eigenvalue weighted by atomic mass is 10.2. The lowest BCUT2D eigenvalue weighted by Crippen LogP contribution is -2.48. The number of carbonyl (C=O) groups is 2. The summed E-state index contributed by atoms with van der Waals surface area (Å²) in [4.78, 5) is 39.8. The number of nitro groups is 1. The number of nitrogens with zero attached hydrogens (tertiary/aromatic N) is 4. The number of piperazine rings is 1. The maximum Gasteiger partial charge on any atom is 0.342 e. The van der Waals surface area contributed by atoms with Crippen LogP contribution >= 0.6 is 0 Å². The SMILES string of the molecule is CC(=O)N1CCN(c2cc(C(=O)O)c([N+](=O)[O-])cn2)CC1. The fourth-order valence-corrected chi connectivity index (χ4v) is 2.18. The highest BCUT2D eigenvalue weighted by atomic mass is 16.6. The molecule has 0 aromatic carbocycles. The average molecular weight is 294 g/mol. The zero-order chi connectivity index (χ0) is 15.6. The second-order valence-electron chi connectivity index (χ2n) is 4.62. The summed E-state index contributed by atoms with van der Waals surface area (Å²) in [7, 11) is 0. The fraction of sp³-hybridized carbons (Fsp3) is 0.417. The van der Waals surface area contributed by atoms with E-state index in [0.29, 0.717) is 32.0 Å². The van der Waals surface area contributed by atoms with Gasteiger partial charge in [-0.25, -0.2) is 9.78 Å². The molecular weight excluding hydrogens is 280 g/mol. The molecule has 1 aliphatic heterocycles. The van der Waals surface area contributed by atoms with Crippen LogP contribution in [0.1, 0.15) is 17.3 Å². The van der Waals surface area contributed by atoms with Crippen molar-refractivity contribution >= 4 is 23.4 Å².